The molecule has 0 saturated heterocycles. The standard InChI is InChI=1S/C20H30ClN5O/c1-6-22-20(23-12-19(27)16-7-9-17(21)10-8-16)24-13(2)11-18-14(3)25-26(5)15(18)4/h7-10,13,19,27H,6,11-12H2,1-5H3,(H2,22,23,24). The molecule has 27 heavy (non-hydrogen) atoms. The highest BCUT2D eigenvalue weighted by Crippen LogP contribution is 2.17. The molecule has 7 heteroatoms. The van der Waals surface area contributed by atoms with Gasteiger partial charge in [0.15, 0.2) is 5.96 Å². The molecular weight excluding hydrogens is 362 g/mol. The van der Waals surface area contributed by atoms with Gasteiger partial charge in [-0.3, -0.25) is 9.67 Å². The summed E-state index contributed by atoms with van der Waals surface area (Å²) >= 11 is 5.90. The van der Waals surface area contributed by atoms with Gasteiger partial charge >= 0.3 is 0 Å². The summed E-state index contributed by atoms with van der Waals surface area (Å²) in [6.45, 7) is 9.29. The molecule has 2 aromatic rings. The maximum atomic E-state index is 10.4. The van der Waals surface area contributed by atoms with E-state index >= 15 is 0 Å². The summed E-state index contributed by atoms with van der Waals surface area (Å²) in [5, 5.41) is 22.1. The third kappa shape index (κ3) is 5.97. The molecule has 6 nitrogen and oxygen atoms in total. The first-order valence-corrected chi connectivity index (χ1v) is 9.67. The molecule has 3 N–H and O–H groups in total. The van der Waals surface area contributed by atoms with Crippen LogP contribution in [0.2, 0.25) is 5.02 Å². The first-order chi connectivity index (χ1) is 12.8. The Balaban J connectivity index is 2.00. The predicted molar refractivity (Wildman–Crippen MR) is 111 cm³/mol. The Bertz CT molecular complexity index is 769. The quantitative estimate of drug-likeness (QED) is 0.501. The minimum Gasteiger partial charge on any atom is -0.386 e. The summed E-state index contributed by atoms with van der Waals surface area (Å²) in [5.74, 6) is 0.692. The number of aromatic nitrogens is 2. The molecule has 0 amide bonds. The van der Waals surface area contributed by atoms with Crippen LogP contribution in [0.5, 0.6) is 0 Å². The predicted octanol–water partition coefficient (Wildman–Crippen LogP) is 2.91. The van der Waals surface area contributed by atoms with Crippen LogP contribution in [0.15, 0.2) is 29.3 Å². The minimum absolute atomic E-state index is 0.178. The molecule has 0 aliphatic carbocycles. The van der Waals surface area contributed by atoms with E-state index in [-0.39, 0.29) is 12.6 Å². The van der Waals surface area contributed by atoms with E-state index in [2.05, 4.69) is 34.6 Å². The number of halogens is 1. The highest BCUT2D eigenvalue weighted by molar-refractivity contribution is 6.30. The molecule has 0 aliphatic rings. The summed E-state index contributed by atoms with van der Waals surface area (Å²) in [5.41, 5.74) is 4.30. The van der Waals surface area contributed by atoms with E-state index in [9.17, 15) is 5.11 Å². The molecule has 1 aromatic heterocycles. The smallest absolute Gasteiger partial charge is 0.191 e. The van der Waals surface area contributed by atoms with Crippen molar-refractivity contribution < 1.29 is 5.11 Å². The zero-order valence-corrected chi connectivity index (χ0v) is 17.5. The minimum atomic E-state index is -0.671. The molecule has 1 aromatic carbocycles. The van der Waals surface area contributed by atoms with Gasteiger partial charge in [0, 0.05) is 30.4 Å². The fraction of sp³-hybridized carbons (Fsp3) is 0.500. The maximum absolute atomic E-state index is 10.4. The SMILES string of the molecule is CCNC(=NCC(O)c1ccc(Cl)cc1)NC(C)Cc1c(C)nn(C)c1C. The van der Waals surface area contributed by atoms with Crippen LogP contribution in [0.1, 0.15) is 42.5 Å². The monoisotopic (exact) mass is 391 g/mol. The van der Waals surface area contributed by atoms with Crippen LogP contribution in [0.25, 0.3) is 0 Å². The van der Waals surface area contributed by atoms with Crippen LogP contribution < -0.4 is 10.6 Å². The van der Waals surface area contributed by atoms with Gasteiger partial charge in [-0.15, -0.1) is 0 Å². The highest BCUT2D eigenvalue weighted by Gasteiger charge is 2.14. The molecule has 0 spiro atoms. The Labute approximate surface area is 166 Å². The molecule has 0 bridgehead atoms. The van der Waals surface area contributed by atoms with Crippen molar-refractivity contribution in [3.8, 4) is 0 Å². The molecule has 0 aliphatic heterocycles. The molecule has 0 radical (unpaired) electrons. The molecule has 148 valence electrons. The number of nitrogens with one attached hydrogen (secondary N) is 2. The average molecular weight is 392 g/mol. The summed E-state index contributed by atoms with van der Waals surface area (Å²) in [7, 11) is 1.97. The van der Waals surface area contributed by atoms with Gasteiger partial charge in [-0.1, -0.05) is 23.7 Å². The number of aliphatic hydroxyl groups is 1. The van der Waals surface area contributed by atoms with Crippen molar-refractivity contribution in [1.29, 1.82) is 0 Å². The normalized spacial score (nSPS) is 14.1. The van der Waals surface area contributed by atoms with E-state index in [1.807, 2.05) is 37.7 Å². The van der Waals surface area contributed by atoms with Crippen LogP contribution in [-0.2, 0) is 13.5 Å². The highest BCUT2D eigenvalue weighted by atomic mass is 35.5. The van der Waals surface area contributed by atoms with E-state index in [0.717, 1.165) is 24.2 Å². The number of aryl methyl sites for hydroxylation is 2. The Kier molecular flexibility index (Phi) is 7.68. The van der Waals surface area contributed by atoms with Crippen LogP contribution in [0.3, 0.4) is 0 Å². The molecule has 1 heterocycles. The number of guanidine groups is 1. The molecule has 2 rings (SSSR count). The van der Waals surface area contributed by atoms with Gasteiger partial charge in [-0.25, -0.2) is 0 Å². The number of aliphatic imine (C=N–C) groups is 1. The first-order valence-electron chi connectivity index (χ1n) is 9.29. The zero-order valence-electron chi connectivity index (χ0n) is 16.8. The Morgan fingerprint density at radius 2 is 1.96 bits per heavy atom. The van der Waals surface area contributed by atoms with E-state index in [1.165, 1.54) is 11.3 Å². The van der Waals surface area contributed by atoms with Crippen molar-refractivity contribution in [3.63, 3.8) is 0 Å². The van der Waals surface area contributed by atoms with Gasteiger partial charge in [0.25, 0.3) is 0 Å². The van der Waals surface area contributed by atoms with Crippen LogP contribution in [0.4, 0.5) is 0 Å². The molecular formula is C20H30ClN5O. The van der Waals surface area contributed by atoms with Crippen molar-refractivity contribution in [2.45, 2.75) is 46.3 Å². The Morgan fingerprint density at radius 3 is 2.52 bits per heavy atom. The van der Waals surface area contributed by atoms with E-state index in [4.69, 9.17) is 11.6 Å². The third-order valence-corrected chi connectivity index (χ3v) is 4.83. The van der Waals surface area contributed by atoms with Crippen LogP contribution in [-0.4, -0.2) is 40.0 Å². The van der Waals surface area contributed by atoms with Crippen LogP contribution in [0, 0.1) is 13.8 Å². The van der Waals surface area contributed by atoms with Crippen molar-refractivity contribution >= 4 is 17.6 Å². The number of benzene rings is 1. The van der Waals surface area contributed by atoms with E-state index in [0.29, 0.717) is 11.0 Å². The number of hydrogen-bond donors (Lipinski definition) is 3. The second-order valence-corrected chi connectivity index (χ2v) is 7.25. The Morgan fingerprint density at radius 1 is 1.30 bits per heavy atom. The van der Waals surface area contributed by atoms with E-state index < -0.39 is 6.10 Å². The number of rotatable bonds is 7. The van der Waals surface area contributed by atoms with Crippen molar-refractivity contribution in [2.24, 2.45) is 12.0 Å². The topological polar surface area (TPSA) is 74.5 Å². The zero-order chi connectivity index (χ0) is 20.0. The lowest BCUT2D eigenvalue weighted by Crippen LogP contribution is -2.43. The van der Waals surface area contributed by atoms with E-state index in [1.54, 1.807) is 12.1 Å². The number of nitrogens with zero attached hydrogens (tertiary/aromatic N) is 3. The fourth-order valence-electron chi connectivity index (χ4n) is 2.99. The van der Waals surface area contributed by atoms with Crippen LogP contribution >= 0.6 is 11.6 Å². The van der Waals surface area contributed by atoms with Gasteiger partial charge < -0.3 is 15.7 Å². The molecule has 2 atom stereocenters. The molecule has 0 fully saturated rings. The van der Waals surface area contributed by atoms with Gasteiger partial charge in [-0.05, 0) is 57.4 Å². The third-order valence-electron chi connectivity index (χ3n) is 4.57. The first kappa shape index (κ1) is 21.3. The van der Waals surface area contributed by atoms with Crippen molar-refractivity contribution in [2.75, 3.05) is 13.1 Å². The van der Waals surface area contributed by atoms with Gasteiger partial charge in [0.1, 0.15) is 0 Å². The summed E-state index contributed by atoms with van der Waals surface area (Å²) in [4.78, 5) is 4.53. The van der Waals surface area contributed by atoms with Gasteiger partial charge in [0.05, 0.1) is 18.3 Å². The van der Waals surface area contributed by atoms with Crippen molar-refractivity contribution in [3.05, 3.63) is 51.8 Å². The molecule has 0 saturated carbocycles. The number of aliphatic hydroxyl groups excluding tert-OH is 1. The summed E-state index contributed by atoms with van der Waals surface area (Å²) in [6.07, 6.45) is 0.186. The fourth-order valence-corrected chi connectivity index (χ4v) is 3.12. The summed E-state index contributed by atoms with van der Waals surface area (Å²) < 4.78 is 1.92. The summed E-state index contributed by atoms with van der Waals surface area (Å²) in [6, 6.07) is 7.36. The second-order valence-electron chi connectivity index (χ2n) is 6.81. The maximum Gasteiger partial charge on any atom is 0.191 e. The molecule has 2 unspecified atom stereocenters. The lowest BCUT2D eigenvalue weighted by Gasteiger charge is -2.19. The average Bonchev–Trinajstić information content (AvgIpc) is 2.86. The lowest BCUT2D eigenvalue weighted by molar-refractivity contribution is 0.187. The largest absolute Gasteiger partial charge is 0.386 e. The lowest BCUT2D eigenvalue weighted by atomic mass is 10.1. The Hall–Kier alpha value is -2.05. The number of hydrogen-bond acceptors (Lipinski definition) is 3. The van der Waals surface area contributed by atoms with Gasteiger partial charge in [0.2, 0.25) is 0 Å². The van der Waals surface area contributed by atoms with Crippen molar-refractivity contribution in [1.82, 2.24) is 20.4 Å². The second kappa shape index (κ2) is 9.76. The van der Waals surface area contributed by atoms with Gasteiger partial charge in [-0.2, -0.15) is 5.10 Å².